The van der Waals surface area contributed by atoms with Gasteiger partial charge in [-0.05, 0) is 31.2 Å². The number of carbonyl (C=O) groups is 1. The lowest BCUT2D eigenvalue weighted by atomic mass is 10.1. The van der Waals surface area contributed by atoms with Gasteiger partial charge in [0.25, 0.3) is 5.56 Å². The van der Waals surface area contributed by atoms with E-state index in [1.54, 1.807) is 22.9 Å². The standard InChI is InChI=1S/C21H20N6O2S/c1-14-16(20(29)27-11-7-6-10-17(27)22-14)12-18-24-25-21(26(18)2)30-13-19(28)23-15-8-4-3-5-9-15/h3-11H,12-13H2,1-2H3,(H,23,28). The van der Waals surface area contributed by atoms with Crippen molar-refractivity contribution < 1.29 is 4.79 Å². The Bertz CT molecular complexity index is 1270. The molecule has 3 aromatic heterocycles. The first kappa shape index (κ1) is 19.8. The number of aromatic nitrogens is 5. The minimum Gasteiger partial charge on any atom is -0.325 e. The summed E-state index contributed by atoms with van der Waals surface area (Å²) in [5.74, 6) is 0.725. The monoisotopic (exact) mass is 420 g/mol. The molecule has 0 saturated carbocycles. The predicted octanol–water partition coefficient (Wildman–Crippen LogP) is 2.45. The summed E-state index contributed by atoms with van der Waals surface area (Å²) in [6, 6.07) is 14.7. The van der Waals surface area contributed by atoms with Crippen molar-refractivity contribution in [3.05, 3.63) is 82.2 Å². The molecule has 30 heavy (non-hydrogen) atoms. The van der Waals surface area contributed by atoms with Crippen molar-refractivity contribution in [1.82, 2.24) is 24.1 Å². The van der Waals surface area contributed by atoms with E-state index in [2.05, 4.69) is 20.5 Å². The molecule has 1 amide bonds. The number of hydrogen-bond acceptors (Lipinski definition) is 6. The Kier molecular flexibility index (Phi) is 5.62. The normalized spacial score (nSPS) is 11.0. The fourth-order valence-electron chi connectivity index (χ4n) is 3.07. The summed E-state index contributed by atoms with van der Waals surface area (Å²) in [7, 11) is 1.83. The van der Waals surface area contributed by atoms with Gasteiger partial charge < -0.3 is 9.88 Å². The third kappa shape index (κ3) is 4.11. The van der Waals surface area contributed by atoms with Crippen LogP contribution in [0.5, 0.6) is 0 Å². The molecule has 3 heterocycles. The van der Waals surface area contributed by atoms with Crippen LogP contribution in [-0.4, -0.2) is 35.8 Å². The third-order valence-electron chi connectivity index (χ3n) is 4.68. The van der Waals surface area contributed by atoms with Gasteiger partial charge in [-0.1, -0.05) is 36.0 Å². The molecule has 1 N–H and O–H groups in total. The van der Waals surface area contributed by atoms with E-state index in [0.29, 0.717) is 34.3 Å². The first-order valence-electron chi connectivity index (χ1n) is 9.36. The number of thioether (sulfide) groups is 1. The maximum atomic E-state index is 12.9. The second-order valence-electron chi connectivity index (χ2n) is 6.75. The van der Waals surface area contributed by atoms with Crippen LogP contribution in [0.25, 0.3) is 5.65 Å². The predicted molar refractivity (Wildman–Crippen MR) is 116 cm³/mol. The van der Waals surface area contributed by atoms with Crippen molar-refractivity contribution in [3.63, 3.8) is 0 Å². The molecule has 4 aromatic rings. The molecular formula is C21H20N6O2S. The Labute approximate surface area is 177 Å². The number of anilines is 1. The second kappa shape index (κ2) is 8.50. The zero-order valence-corrected chi connectivity index (χ0v) is 17.4. The van der Waals surface area contributed by atoms with Gasteiger partial charge in [0.05, 0.1) is 5.75 Å². The highest BCUT2D eigenvalue weighted by Crippen LogP contribution is 2.18. The molecule has 0 aliphatic carbocycles. The third-order valence-corrected chi connectivity index (χ3v) is 5.70. The van der Waals surface area contributed by atoms with Crippen LogP contribution in [0, 0.1) is 6.92 Å². The number of carbonyl (C=O) groups excluding carboxylic acids is 1. The summed E-state index contributed by atoms with van der Waals surface area (Å²) >= 11 is 1.30. The van der Waals surface area contributed by atoms with Gasteiger partial charge in [-0.25, -0.2) is 4.98 Å². The van der Waals surface area contributed by atoms with Gasteiger partial charge in [0.15, 0.2) is 5.16 Å². The summed E-state index contributed by atoms with van der Waals surface area (Å²) in [6.45, 7) is 1.82. The molecule has 0 spiro atoms. The van der Waals surface area contributed by atoms with Crippen LogP contribution in [0.15, 0.2) is 64.7 Å². The molecule has 0 saturated heterocycles. The minimum atomic E-state index is -0.122. The molecule has 152 valence electrons. The Morgan fingerprint density at radius 3 is 2.67 bits per heavy atom. The number of amides is 1. The van der Waals surface area contributed by atoms with Crippen LogP contribution in [0.3, 0.4) is 0 Å². The molecule has 1 aromatic carbocycles. The van der Waals surface area contributed by atoms with Crippen molar-refractivity contribution in [2.45, 2.75) is 18.5 Å². The Morgan fingerprint density at radius 1 is 1.10 bits per heavy atom. The topological polar surface area (TPSA) is 94.2 Å². The summed E-state index contributed by atoms with van der Waals surface area (Å²) in [5.41, 5.74) is 2.50. The zero-order valence-electron chi connectivity index (χ0n) is 16.6. The largest absolute Gasteiger partial charge is 0.325 e. The number of fused-ring (bicyclic) bond motifs is 1. The maximum Gasteiger partial charge on any atom is 0.261 e. The fraction of sp³-hybridized carbons (Fsp3) is 0.190. The van der Waals surface area contributed by atoms with Gasteiger partial charge in [0.1, 0.15) is 11.5 Å². The van der Waals surface area contributed by atoms with E-state index in [1.807, 2.05) is 50.4 Å². The van der Waals surface area contributed by atoms with E-state index in [0.717, 1.165) is 5.69 Å². The van der Waals surface area contributed by atoms with E-state index in [-0.39, 0.29) is 17.2 Å². The highest BCUT2D eigenvalue weighted by Gasteiger charge is 2.16. The number of nitrogens with zero attached hydrogens (tertiary/aromatic N) is 5. The van der Waals surface area contributed by atoms with Crippen molar-refractivity contribution >= 4 is 29.0 Å². The van der Waals surface area contributed by atoms with Crippen LogP contribution >= 0.6 is 11.8 Å². The average molecular weight is 420 g/mol. The van der Waals surface area contributed by atoms with E-state index < -0.39 is 0 Å². The Hall–Kier alpha value is -3.46. The fourth-order valence-corrected chi connectivity index (χ4v) is 3.80. The SMILES string of the molecule is Cc1nc2ccccn2c(=O)c1Cc1nnc(SCC(=O)Nc2ccccc2)n1C. The van der Waals surface area contributed by atoms with Crippen LogP contribution in [0.4, 0.5) is 5.69 Å². The zero-order chi connectivity index (χ0) is 21.1. The highest BCUT2D eigenvalue weighted by molar-refractivity contribution is 7.99. The number of rotatable bonds is 6. The molecular weight excluding hydrogens is 400 g/mol. The summed E-state index contributed by atoms with van der Waals surface area (Å²) in [5, 5.41) is 11.9. The summed E-state index contributed by atoms with van der Waals surface area (Å²) in [6.07, 6.45) is 2.02. The van der Waals surface area contributed by atoms with Crippen molar-refractivity contribution in [2.24, 2.45) is 7.05 Å². The first-order valence-corrected chi connectivity index (χ1v) is 10.3. The molecule has 0 atom stereocenters. The van der Waals surface area contributed by atoms with Gasteiger partial charge in [0.2, 0.25) is 5.91 Å². The first-order chi connectivity index (χ1) is 14.5. The van der Waals surface area contributed by atoms with Crippen LogP contribution in [-0.2, 0) is 18.3 Å². The molecule has 0 aliphatic rings. The lowest BCUT2D eigenvalue weighted by Crippen LogP contribution is -2.22. The number of pyridine rings is 1. The van der Waals surface area contributed by atoms with E-state index in [9.17, 15) is 9.59 Å². The number of benzene rings is 1. The number of hydrogen-bond donors (Lipinski definition) is 1. The number of nitrogens with one attached hydrogen (secondary N) is 1. The van der Waals surface area contributed by atoms with Gasteiger partial charge in [-0.2, -0.15) is 0 Å². The van der Waals surface area contributed by atoms with Crippen LogP contribution in [0.1, 0.15) is 17.1 Å². The molecule has 8 nitrogen and oxygen atoms in total. The molecule has 0 bridgehead atoms. The lowest BCUT2D eigenvalue weighted by Gasteiger charge is -2.08. The van der Waals surface area contributed by atoms with Gasteiger partial charge >= 0.3 is 0 Å². The van der Waals surface area contributed by atoms with E-state index >= 15 is 0 Å². The van der Waals surface area contributed by atoms with Crippen molar-refractivity contribution in [3.8, 4) is 0 Å². The quantitative estimate of drug-likeness (QED) is 0.482. The molecule has 0 fully saturated rings. The lowest BCUT2D eigenvalue weighted by molar-refractivity contribution is -0.113. The van der Waals surface area contributed by atoms with E-state index in [4.69, 9.17) is 0 Å². The van der Waals surface area contributed by atoms with Crippen molar-refractivity contribution in [1.29, 1.82) is 0 Å². The Morgan fingerprint density at radius 2 is 1.87 bits per heavy atom. The number of para-hydroxylation sites is 1. The summed E-state index contributed by atoms with van der Waals surface area (Å²) in [4.78, 5) is 29.6. The average Bonchev–Trinajstić information content (AvgIpc) is 3.09. The number of aryl methyl sites for hydroxylation is 1. The second-order valence-corrected chi connectivity index (χ2v) is 7.69. The molecule has 4 rings (SSSR count). The Balaban J connectivity index is 1.48. The summed E-state index contributed by atoms with van der Waals surface area (Å²) < 4.78 is 3.33. The molecule has 9 heteroatoms. The molecule has 0 radical (unpaired) electrons. The van der Waals surface area contributed by atoms with E-state index in [1.165, 1.54) is 16.2 Å². The minimum absolute atomic E-state index is 0.113. The highest BCUT2D eigenvalue weighted by atomic mass is 32.2. The van der Waals surface area contributed by atoms with Crippen LogP contribution < -0.4 is 10.9 Å². The molecule has 0 unspecified atom stereocenters. The van der Waals surface area contributed by atoms with Crippen molar-refractivity contribution in [2.75, 3.05) is 11.1 Å². The van der Waals surface area contributed by atoms with Gasteiger partial charge in [-0.15, -0.1) is 10.2 Å². The smallest absolute Gasteiger partial charge is 0.261 e. The van der Waals surface area contributed by atoms with Crippen LogP contribution in [0.2, 0.25) is 0 Å². The van der Waals surface area contributed by atoms with Gasteiger partial charge in [-0.3, -0.25) is 14.0 Å². The maximum absolute atomic E-state index is 12.9. The molecule has 0 aliphatic heterocycles. The van der Waals surface area contributed by atoms with Gasteiger partial charge in [0, 0.05) is 36.6 Å².